The zero-order valence-corrected chi connectivity index (χ0v) is 16.2. The lowest BCUT2D eigenvalue weighted by atomic mass is 9.82. The normalized spacial score (nSPS) is 18.2. The number of nitrogens with one attached hydrogen (secondary N) is 1. The molecule has 2 atom stereocenters. The monoisotopic (exact) mass is 437 g/mol. The molecule has 1 aliphatic rings. The highest BCUT2D eigenvalue weighted by molar-refractivity contribution is 5.92. The van der Waals surface area contributed by atoms with Crippen molar-refractivity contribution in [1.29, 1.82) is 0 Å². The highest BCUT2D eigenvalue weighted by Crippen LogP contribution is 2.44. The maximum atomic E-state index is 13.9. The summed E-state index contributed by atoms with van der Waals surface area (Å²) in [5.41, 5.74) is -3.16. The van der Waals surface area contributed by atoms with Crippen molar-refractivity contribution < 1.29 is 31.8 Å². The molecule has 0 saturated carbocycles. The van der Waals surface area contributed by atoms with Crippen molar-refractivity contribution in [2.45, 2.75) is 30.5 Å². The second-order valence-corrected chi connectivity index (χ2v) is 7.58. The molecule has 0 amide bonds. The fourth-order valence-electron chi connectivity index (χ4n) is 3.89. The molecule has 2 unspecified atom stereocenters. The minimum absolute atomic E-state index is 0.170. The summed E-state index contributed by atoms with van der Waals surface area (Å²) in [4.78, 5) is 11.8. The fourth-order valence-corrected chi connectivity index (χ4v) is 3.89. The van der Waals surface area contributed by atoms with E-state index in [1.165, 1.54) is 36.4 Å². The van der Waals surface area contributed by atoms with Gasteiger partial charge in [-0.15, -0.1) is 0 Å². The van der Waals surface area contributed by atoms with Gasteiger partial charge in [-0.25, -0.2) is 9.18 Å². The highest BCUT2D eigenvalue weighted by atomic mass is 19.4. The summed E-state index contributed by atoms with van der Waals surface area (Å²) in [5.74, 6) is -1.01. The van der Waals surface area contributed by atoms with E-state index in [-0.39, 0.29) is 24.1 Å². The largest absolute Gasteiger partial charge is 0.493 e. The van der Waals surface area contributed by atoms with E-state index in [9.17, 15) is 27.5 Å². The molecule has 2 N–H and O–H groups in total. The van der Waals surface area contributed by atoms with Crippen LogP contribution in [0, 0.1) is 5.82 Å². The zero-order valence-electron chi connectivity index (χ0n) is 16.2. The second kappa shape index (κ2) is 7.88. The number of hydrogen-bond donors (Lipinski definition) is 2. The van der Waals surface area contributed by atoms with Crippen LogP contribution < -0.4 is 15.7 Å². The molecule has 9 heteroatoms. The highest BCUT2D eigenvalue weighted by Gasteiger charge is 2.54. The van der Waals surface area contributed by atoms with Crippen LogP contribution in [-0.4, -0.2) is 30.0 Å². The molecule has 2 heterocycles. The van der Waals surface area contributed by atoms with Gasteiger partial charge in [0.05, 0.1) is 24.8 Å². The molecular formula is C22H19F4NO4. The minimum Gasteiger partial charge on any atom is -0.493 e. The number of anilines is 1. The molecular weight excluding hydrogens is 418 g/mol. The Morgan fingerprint density at radius 1 is 1.13 bits per heavy atom. The third kappa shape index (κ3) is 4.10. The number of halogens is 4. The van der Waals surface area contributed by atoms with E-state index in [1.807, 2.05) is 0 Å². The van der Waals surface area contributed by atoms with E-state index >= 15 is 0 Å². The van der Waals surface area contributed by atoms with E-state index in [2.05, 4.69) is 5.32 Å². The molecule has 0 bridgehead atoms. The molecule has 164 valence electrons. The van der Waals surface area contributed by atoms with Crippen molar-refractivity contribution in [3.05, 3.63) is 70.5 Å². The Morgan fingerprint density at radius 2 is 1.94 bits per heavy atom. The lowest BCUT2D eigenvalue weighted by Crippen LogP contribution is -2.51. The first kappa shape index (κ1) is 21.2. The summed E-state index contributed by atoms with van der Waals surface area (Å²) in [6.07, 6.45) is -4.25. The number of ether oxygens (including phenoxy) is 1. The van der Waals surface area contributed by atoms with Gasteiger partial charge in [0, 0.05) is 16.6 Å². The van der Waals surface area contributed by atoms with Crippen LogP contribution in [0.3, 0.4) is 0 Å². The molecule has 0 fully saturated rings. The predicted molar refractivity (Wildman–Crippen MR) is 106 cm³/mol. The van der Waals surface area contributed by atoms with Crippen LogP contribution in [0.4, 0.5) is 23.2 Å². The summed E-state index contributed by atoms with van der Waals surface area (Å²) in [6.45, 7) is -0.679. The smallest absolute Gasteiger partial charge is 0.418 e. The van der Waals surface area contributed by atoms with Crippen molar-refractivity contribution in [2.24, 2.45) is 0 Å². The number of alkyl halides is 3. The predicted octanol–water partition coefficient (Wildman–Crippen LogP) is 4.59. The molecule has 5 nitrogen and oxygen atoms in total. The Kier molecular flexibility index (Phi) is 5.38. The molecule has 0 aliphatic carbocycles. The van der Waals surface area contributed by atoms with Gasteiger partial charge >= 0.3 is 11.8 Å². The van der Waals surface area contributed by atoms with Crippen LogP contribution in [0.5, 0.6) is 5.75 Å². The molecule has 0 radical (unpaired) electrons. The van der Waals surface area contributed by atoms with Gasteiger partial charge in [-0.2, -0.15) is 13.2 Å². The van der Waals surface area contributed by atoms with Crippen LogP contribution in [0.25, 0.3) is 10.8 Å². The third-order valence-electron chi connectivity index (χ3n) is 5.55. The van der Waals surface area contributed by atoms with Gasteiger partial charge in [-0.1, -0.05) is 6.07 Å². The first-order chi connectivity index (χ1) is 14.7. The number of aliphatic hydroxyl groups is 1. The van der Waals surface area contributed by atoms with Gasteiger partial charge in [-0.3, -0.25) is 0 Å². The lowest BCUT2D eigenvalue weighted by Gasteiger charge is -2.36. The molecule has 2 aromatic carbocycles. The van der Waals surface area contributed by atoms with Crippen LogP contribution in [0.2, 0.25) is 0 Å². The molecule has 31 heavy (non-hydrogen) atoms. The topological polar surface area (TPSA) is 71.7 Å². The van der Waals surface area contributed by atoms with Gasteiger partial charge in [0.2, 0.25) is 0 Å². The Bertz CT molecular complexity index is 1160. The number of rotatable bonds is 5. The molecule has 0 saturated heterocycles. The average Bonchev–Trinajstić information content (AvgIpc) is 2.72. The van der Waals surface area contributed by atoms with Gasteiger partial charge < -0.3 is 19.6 Å². The van der Waals surface area contributed by atoms with Crippen LogP contribution >= 0.6 is 0 Å². The van der Waals surface area contributed by atoms with Crippen LogP contribution in [0.1, 0.15) is 24.3 Å². The Morgan fingerprint density at radius 3 is 2.71 bits per heavy atom. The van der Waals surface area contributed by atoms with Crippen LogP contribution in [-0.2, 0) is 0 Å². The van der Waals surface area contributed by atoms with Crippen molar-refractivity contribution in [3.63, 3.8) is 0 Å². The van der Waals surface area contributed by atoms with E-state index in [0.717, 1.165) is 12.3 Å². The Labute approximate surface area is 174 Å². The van der Waals surface area contributed by atoms with Gasteiger partial charge in [-0.05, 0) is 55.2 Å². The number of benzene rings is 2. The van der Waals surface area contributed by atoms with E-state index in [1.54, 1.807) is 0 Å². The first-order valence-electron chi connectivity index (χ1n) is 9.64. The minimum atomic E-state index is -4.95. The van der Waals surface area contributed by atoms with Gasteiger partial charge in [0.25, 0.3) is 0 Å². The molecule has 0 spiro atoms. The first-order valence-corrected chi connectivity index (χ1v) is 9.64. The summed E-state index contributed by atoms with van der Waals surface area (Å²) >= 11 is 0. The van der Waals surface area contributed by atoms with E-state index < -0.39 is 42.1 Å². The maximum Gasteiger partial charge on any atom is 0.418 e. The summed E-state index contributed by atoms with van der Waals surface area (Å²) < 4.78 is 65.7. The Balaban J connectivity index is 1.63. The number of hydrogen-bond acceptors (Lipinski definition) is 5. The lowest BCUT2D eigenvalue weighted by molar-refractivity contribution is -0.258. The zero-order chi connectivity index (χ0) is 22.2. The van der Waals surface area contributed by atoms with E-state index in [0.29, 0.717) is 16.7 Å². The fraction of sp³-hybridized carbons (Fsp3) is 0.318. The molecule has 1 aromatic heterocycles. The van der Waals surface area contributed by atoms with Crippen molar-refractivity contribution in [1.82, 2.24) is 0 Å². The van der Waals surface area contributed by atoms with Gasteiger partial charge in [0.15, 0.2) is 5.60 Å². The molecule has 1 aliphatic heterocycles. The maximum absolute atomic E-state index is 13.9. The second-order valence-electron chi connectivity index (χ2n) is 7.58. The molecule has 4 rings (SSSR count). The van der Waals surface area contributed by atoms with E-state index in [4.69, 9.17) is 9.15 Å². The van der Waals surface area contributed by atoms with Gasteiger partial charge in [0.1, 0.15) is 11.6 Å². The Hall–Kier alpha value is -3.07. The number of fused-ring (bicyclic) bond motifs is 2. The third-order valence-corrected chi connectivity index (χ3v) is 5.55. The molecule has 3 aromatic rings. The van der Waals surface area contributed by atoms with Crippen molar-refractivity contribution >= 4 is 16.5 Å². The summed E-state index contributed by atoms with van der Waals surface area (Å²) in [7, 11) is 0. The summed E-state index contributed by atoms with van der Waals surface area (Å²) in [6, 6.07) is 9.68. The SMILES string of the molecule is O=c1occc2c(NCC(O)(CC3CCOc4ccc(F)cc43)C(F)(F)F)cccc12. The van der Waals surface area contributed by atoms with Crippen molar-refractivity contribution in [2.75, 3.05) is 18.5 Å². The summed E-state index contributed by atoms with van der Waals surface area (Å²) in [5, 5.41) is 13.9. The standard InChI is InChI=1S/C22H19F4NO4/c23-14-4-5-19-17(10-14)13(6-8-30-19)11-21(29,22(24,25)26)12-27-18-3-1-2-16-15(18)7-9-31-20(16)28/h1-5,7,9-10,13,27,29H,6,8,11-12H2. The quantitative estimate of drug-likeness (QED) is 0.571. The average molecular weight is 437 g/mol. The van der Waals surface area contributed by atoms with Crippen molar-refractivity contribution in [3.8, 4) is 5.75 Å². The van der Waals surface area contributed by atoms with Crippen LogP contribution in [0.15, 0.2) is 57.9 Å².